The highest BCUT2D eigenvalue weighted by molar-refractivity contribution is 6.08. The summed E-state index contributed by atoms with van der Waals surface area (Å²) in [6, 6.07) is 9.84. The molecule has 0 aliphatic rings. The molecule has 1 aromatic carbocycles. The monoisotopic (exact) mass is 254 g/mol. The number of aromatic nitrogens is 1. The zero-order valence-corrected chi connectivity index (χ0v) is 11.2. The van der Waals surface area contributed by atoms with Crippen molar-refractivity contribution in [2.45, 2.75) is 39.2 Å². The van der Waals surface area contributed by atoms with E-state index < -0.39 is 0 Å². The minimum absolute atomic E-state index is 0.0526. The van der Waals surface area contributed by atoms with E-state index in [4.69, 9.17) is 5.26 Å². The van der Waals surface area contributed by atoms with Crippen molar-refractivity contribution < 1.29 is 4.79 Å². The van der Waals surface area contributed by atoms with Crippen LogP contribution in [0.4, 0.5) is 0 Å². The summed E-state index contributed by atoms with van der Waals surface area (Å²) in [5.41, 5.74) is 1.76. The molecule has 19 heavy (non-hydrogen) atoms. The molecule has 0 aliphatic carbocycles. The van der Waals surface area contributed by atoms with Crippen LogP contribution in [0.5, 0.6) is 0 Å². The van der Waals surface area contributed by atoms with Crippen LogP contribution in [0.3, 0.4) is 0 Å². The molecule has 3 heteroatoms. The van der Waals surface area contributed by atoms with Gasteiger partial charge in [0, 0.05) is 29.2 Å². The Morgan fingerprint density at radius 2 is 2.11 bits per heavy atom. The lowest BCUT2D eigenvalue weighted by atomic mass is 10.1. The maximum Gasteiger partial charge on any atom is 0.179 e. The van der Waals surface area contributed by atoms with Gasteiger partial charge in [-0.3, -0.25) is 4.79 Å². The zero-order chi connectivity index (χ0) is 13.7. The van der Waals surface area contributed by atoms with Gasteiger partial charge in [-0.1, -0.05) is 38.0 Å². The van der Waals surface area contributed by atoms with Crippen LogP contribution in [0.1, 0.15) is 43.0 Å². The number of aryl methyl sites for hydroxylation is 1. The first-order valence-electron chi connectivity index (χ1n) is 6.76. The van der Waals surface area contributed by atoms with Crippen LogP contribution < -0.4 is 0 Å². The third-order valence-electron chi connectivity index (χ3n) is 3.33. The molecule has 98 valence electrons. The SMILES string of the molecule is CCCCCn1cc(C(=O)CC#N)c2ccccc21. The summed E-state index contributed by atoms with van der Waals surface area (Å²) in [5.74, 6) is -0.0899. The van der Waals surface area contributed by atoms with Gasteiger partial charge in [-0.15, -0.1) is 0 Å². The van der Waals surface area contributed by atoms with Crippen molar-refractivity contribution in [1.29, 1.82) is 5.26 Å². The van der Waals surface area contributed by atoms with Crippen LogP contribution in [0.2, 0.25) is 0 Å². The summed E-state index contributed by atoms with van der Waals surface area (Å²) < 4.78 is 2.13. The molecular weight excluding hydrogens is 236 g/mol. The van der Waals surface area contributed by atoms with E-state index in [-0.39, 0.29) is 12.2 Å². The van der Waals surface area contributed by atoms with E-state index in [0.717, 1.165) is 23.9 Å². The van der Waals surface area contributed by atoms with Crippen LogP contribution in [-0.2, 0) is 6.54 Å². The van der Waals surface area contributed by atoms with Gasteiger partial charge in [-0.25, -0.2) is 0 Å². The second-order valence-corrected chi connectivity index (χ2v) is 4.72. The summed E-state index contributed by atoms with van der Waals surface area (Å²) >= 11 is 0. The molecule has 1 heterocycles. The van der Waals surface area contributed by atoms with E-state index in [1.54, 1.807) is 0 Å². The first-order chi connectivity index (χ1) is 9.27. The first kappa shape index (κ1) is 13.4. The molecule has 0 N–H and O–H groups in total. The van der Waals surface area contributed by atoms with Gasteiger partial charge in [0.15, 0.2) is 5.78 Å². The Hall–Kier alpha value is -2.08. The predicted molar refractivity (Wildman–Crippen MR) is 76.0 cm³/mol. The molecule has 0 saturated heterocycles. The number of hydrogen-bond donors (Lipinski definition) is 0. The first-order valence-corrected chi connectivity index (χ1v) is 6.76. The highest BCUT2D eigenvalue weighted by atomic mass is 16.1. The van der Waals surface area contributed by atoms with Crippen molar-refractivity contribution >= 4 is 16.7 Å². The van der Waals surface area contributed by atoms with Crippen LogP contribution in [0, 0.1) is 11.3 Å². The van der Waals surface area contributed by atoms with E-state index in [0.29, 0.717) is 5.56 Å². The third-order valence-corrected chi connectivity index (χ3v) is 3.33. The number of ketones is 1. The van der Waals surface area contributed by atoms with E-state index in [2.05, 4.69) is 11.5 Å². The van der Waals surface area contributed by atoms with Crippen molar-refractivity contribution in [3.8, 4) is 6.07 Å². The number of fused-ring (bicyclic) bond motifs is 1. The Morgan fingerprint density at radius 3 is 2.84 bits per heavy atom. The fourth-order valence-corrected chi connectivity index (χ4v) is 2.35. The lowest BCUT2D eigenvalue weighted by Gasteiger charge is -2.03. The number of nitrogens with zero attached hydrogens (tertiary/aromatic N) is 2. The molecule has 3 nitrogen and oxygen atoms in total. The van der Waals surface area contributed by atoms with Gasteiger partial charge in [0.1, 0.15) is 0 Å². The molecule has 0 radical (unpaired) electrons. The lowest BCUT2D eigenvalue weighted by Crippen LogP contribution is -1.98. The molecule has 0 unspecified atom stereocenters. The Labute approximate surface area is 113 Å². The number of rotatable bonds is 6. The van der Waals surface area contributed by atoms with Gasteiger partial charge < -0.3 is 4.57 Å². The Kier molecular flexibility index (Phi) is 4.35. The Balaban J connectivity index is 2.37. The maximum atomic E-state index is 12.0. The molecule has 0 fully saturated rings. The summed E-state index contributed by atoms with van der Waals surface area (Å²) in [5, 5.41) is 9.63. The number of benzene rings is 1. The molecule has 0 saturated carbocycles. The normalized spacial score (nSPS) is 10.5. The third kappa shape index (κ3) is 2.85. The molecule has 0 atom stereocenters. The van der Waals surface area contributed by atoms with Gasteiger partial charge in [-0.05, 0) is 12.5 Å². The van der Waals surface area contributed by atoms with Crippen LogP contribution >= 0.6 is 0 Å². The summed E-state index contributed by atoms with van der Waals surface area (Å²) in [6.07, 6.45) is 5.33. The van der Waals surface area contributed by atoms with Crippen LogP contribution in [-0.4, -0.2) is 10.4 Å². The molecule has 0 bridgehead atoms. The lowest BCUT2D eigenvalue weighted by molar-refractivity contribution is 0.0999. The summed E-state index contributed by atoms with van der Waals surface area (Å²) in [6.45, 7) is 3.10. The number of hydrogen-bond acceptors (Lipinski definition) is 2. The van der Waals surface area contributed by atoms with Gasteiger partial charge in [-0.2, -0.15) is 5.26 Å². The molecule has 2 aromatic rings. The van der Waals surface area contributed by atoms with Crippen molar-refractivity contribution in [3.63, 3.8) is 0 Å². The van der Waals surface area contributed by atoms with Gasteiger partial charge in [0.25, 0.3) is 0 Å². The van der Waals surface area contributed by atoms with E-state index >= 15 is 0 Å². The molecule has 0 aliphatic heterocycles. The smallest absolute Gasteiger partial charge is 0.179 e. The standard InChI is InChI=1S/C16H18N2O/c1-2-3-6-11-18-12-14(16(19)9-10-17)13-7-4-5-8-15(13)18/h4-5,7-8,12H,2-3,6,9,11H2,1H3. The Bertz CT molecular complexity index is 619. The molecule has 2 rings (SSSR count). The minimum atomic E-state index is -0.0899. The van der Waals surface area contributed by atoms with E-state index in [9.17, 15) is 4.79 Å². The van der Waals surface area contributed by atoms with Crippen LogP contribution in [0.25, 0.3) is 10.9 Å². The molecule has 1 aromatic heterocycles. The fourth-order valence-electron chi connectivity index (χ4n) is 2.35. The second kappa shape index (κ2) is 6.19. The molecule has 0 spiro atoms. The Morgan fingerprint density at radius 1 is 1.32 bits per heavy atom. The van der Waals surface area contributed by atoms with Crippen LogP contribution in [0.15, 0.2) is 30.5 Å². The zero-order valence-electron chi connectivity index (χ0n) is 11.2. The second-order valence-electron chi connectivity index (χ2n) is 4.72. The minimum Gasteiger partial charge on any atom is -0.347 e. The predicted octanol–water partition coefficient (Wildman–Crippen LogP) is 3.93. The molecular formula is C16H18N2O. The average molecular weight is 254 g/mol. The molecule has 0 amide bonds. The van der Waals surface area contributed by atoms with Crippen molar-refractivity contribution in [3.05, 3.63) is 36.0 Å². The summed E-state index contributed by atoms with van der Waals surface area (Å²) in [4.78, 5) is 12.0. The van der Waals surface area contributed by atoms with Crippen molar-refractivity contribution in [2.75, 3.05) is 0 Å². The van der Waals surface area contributed by atoms with Crippen molar-refractivity contribution in [1.82, 2.24) is 4.57 Å². The largest absolute Gasteiger partial charge is 0.347 e. The quantitative estimate of drug-likeness (QED) is 0.579. The number of nitriles is 1. The number of para-hydroxylation sites is 1. The fraction of sp³-hybridized carbons (Fsp3) is 0.375. The average Bonchev–Trinajstić information content (AvgIpc) is 2.79. The number of Topliss-reactive ketones (excluding diaryl/α,β-unsaturated/α-hetero) is 1. The number of carbonyl (C=O) groups excluding carboxylic acids is 1. The van der Waals surface area contributed by atoms with E-state index in [1.807, 2.05) is 36.5 Å². The van der Waals surface area contributed by atoms with Crippen molar-refractivity contribution in [2.24, 2.45) is 0 Å². The topological polar surface area (TPSA) is 45.8 Å². The van der Waals surface area contributed by atoms with E-state index in [1.165, 1.54) is 12.8 Å². The van der Waals surface area contributed by atoms with Gasteiger partial charge in [0.2, 0.25) is 0 Å². The van der Waals surface area contributed by atoms with Gasteiger partial charge >= 0.3 is 0 Å². The highest BCUT2D eigenvalue weighted by Gasteiger charge is 2.14. The van der Waals surface area contributed by atoms with Gasteiger partial charge in [0.05, 0.1) is 12.5 Å². The summed E-state index contributed by atoms with van der Waals surface area (Å²) in [7, 11) is 0. The number of unbranched alkanes of at least 4 members (excludes halogenated alkanes) is 2. The maximum absolute atomic E-state index is 12.0. The highest BCUT2D eigenvalue weighted by Crippen LogP contribution is 2.23. The number of carbonyl (C=O) groups is 1.